The van der Waals surface area contributed by atoms with Gasteiger partial charge >= 0.3 is 0 Å². The smallest absolute Gasteiger partial charge is 0.254 e. The highest BCUT2D eigenvalue weighted by Crippen LogP contribution is 2.41. The predicted octanol–water partition coefficient (Wildman–Crippen LogP) is 3.98. The molecule has 3 unspecified atom stereocenters. The molecule has 196 valence electrons. The van der Waals surface area contributed by atoms with Crippen LogP contribution in [0.3, 0.4) is 0 Å². The van der Waals surface area contributed by atoms with E-state index in [2.05, 4.69) is 0 Å². The third-order valence-corrected chi connectivity index (χ3v) is 6.99. The van der Waals surface area contributed by atoms with Crippen molar-refractivity contribution in [1.82, 2.24) is 4.90 Å². The normalized spacial score (nSPS) is 19.0. The number of nitrogens with two attached hydrogens (primary N) is 1. The number of amides is 1. The fourth-order valence-electron chi connectivity index (χ4n) is 4.82. The third-order valence-electron chi connectivity index (χ3n) is 6.99. The van der Waals surface area contributed by atoms with E-state index in [9.17, 15) is 15.0 Å². The van der Waals surface area contributed by atoms with E-state index in [1.165, 1.54) is 0 Å². The van der Waals surface area contributed by atoms with Gasteiger partial charge in [0.2, 0.25) is 0 Å². The van der Waals surface area contributed by atoms with Crippen LogP contribution in [0.25, 0.3) is 0 Å². The average molecular weight is 505 g/mol. The number of aryl methyl sites for hydroxylation is 1. The maximum Gasteiger partial charge on any atom is 0.254 e. The van der Waals surface area contributed by atoms with E-state index in [4.69, 9.17) is 15.2 Å². The minimum Gasteiger partial charge on any atom is -0.457 e. The van der Waals surface area contributed by atoms with Gasteiger partial charge < -0.3 is 30.3 Å². The van der Waals surface area contributed by atoms with Crippen molar-refractivity contribution in [2.24, 2.45) is 5.73 Å². The molecule has 1 aliphatic rings. The Morgan fingerprint density at radius 3 is 2.46 bits per heavy atom. The second-order valence-corrected chi connectivity index (χ2v) is 9.70. The molecule has 4 N–H and O–H groups in total. The molecule has 1 heterocycles. The fourth-order valence-corrected chi connectivity index (χ4v) is 4.82. The lowest BCUT2D eigenvalue weighted by Gasteiger charge is -2.32. The van der Waals surface area contributed by atoms with E-state index in [0.29, 0.717) is 54.2 Å². The number of benzene rings is 3. The van der Waals surface area contributed by atoms with Gasteiger partial charge in [0.25, 0.3) is 5.91 Å². The first-order valence-electron chi connectivity index (χ1n) is 12.7. The molecule has 0 saturated carbocycles. The van der Waals surface area contributed by atoms with Gasteiger partial charge in [0.15, 0.2) is 0 Å². The van der Waals surface area contributed by atoms with E-state index >= 15 is 0 Å². The maximum absolute atomic E-state index is 13.2. The van der Waals surface area contributed by atoms with E-state index < -0.39 is 17.7 Å². The first kappa shape index (κ1) is 26.8. The first-order valence-corrected chi connectivity index (χ1v) is 12.7. The molecule has 4 rings (SSSR count). The number of carbonyl (C=O) groups excluding carboxylic acids is 1. The molecular formula is C30H36N2O5. The van der Waals surface area contributed by atoms with Crippen molar-refractivity contribution in [3.05, 3.63) is 95.1 Å². The number of para-hydroxylation sites is 2. The van der Waals surface area contributed by atoms with Gasteiger partial charge in [0.05, 0.1) is 6.10 Å². The molecule has 7 heteroatoms. The molecule has 0 aliphatic carbocycles. The molecule has 0 spiro atoms. The summed E-state index contributed by atoms with van der Waals surface area (Å²) in [7, 11) is 1.66. The van der Waals surface area contributed by atoms with Crippen LogP contribution < -0.4 is 10.5 Å². The summed E-state index contributed by atoms with van der Waals surface area (Å²) in [5, 5.41) is 22.4. The number of hydrogen-bond donors (Lipinski definition) is 3. The van der Waals surface area contributed by atoms with Crippen LogP contribution in [0.1, 0.15) is 46.3 Å². The Balaban J connectivity index is 1.72. The van der Waals surface area contributed by atoms with Crippen molar-refractivity contribution in [3.8, 4) is 11.5 Å². The number of carbonyl (C=O) groups is 1. The molecule has 3 aromatic carbocycles. The second kappa shape index (κ2) is 11.9. The molecular weight excluding hydrogens is 468 g/mol. The van der Waals surface area contributed by atoms with E-state index in [0.717, 1.165) is 12.0 Å². The van der Waals surface area contributed by atoms with Crippen LogP contribution in [0.2, 0.25) is 0 Å². The molecule has 1 aliphatic heterocycles. The van der Waals surface area contributed by atoms with Crippen LogP contribution in [0.5, 0.6) is 11.5 Å². The number of β-amino-alcohol motifs (C(OH)–C–C–N with tert-alkyl or cyclic N) is 1. The van der Waals surface area contributed by atoms with Crippen LogP contribution in [0.15, 0.2) is 72.8 Å². The summed E-state index contributed by atoms with van der Waals surface area (Å²) < 4.78 is 11.5. The first-order chi connectivity index (χ1) is 17.8. The monoisotopic (exact) mass is 504 g/mol. The molecule has 7 nitrogen and oxygen atoms in total. The molecule has 0 radical (unpaired) electrons. The zero-order valence-electron chi connectivity index (χ0n) is 21.5. The molecule has 0 bridgehead atoms. The zero-order chi connectivity index (χ0) is 26.4. The number of unbranched alkanes of at least 4 members (excludes halogenated alkanes) is 1. The highest BCUT2D eigenvalue weighted by Gasteiger charge is 2.36. The summed E-state index contributed by atoms with van der Waals surface area (Å²) in [5.74, 6) is 1.04. The van der Waals surface area contributed by atoms with E-state index in [-0.39, 0.29) is 12.5 Å². The van der Waals surface area contributed by atoms with Gasteiger partial charge in [-0.15, -0.1) is 0 Å². The van der Waals surface area contributed by atoms with Crippen LogP contribution in [0.4, 0.5) is 0 Å². The number of aliphatic hydroxyl groups excluding tert-OH is 1. The van der Waals surface area contributed by atoms with Crippen LogP contribution in [-0.2, 0) is 10.3 Å². The number of hydrogen-bond acceptors (Lipinski definition) is 6. The Labute approximate surface area is 218 Å². The summed E-state index contributed by atoms with van der Waals surface area (Å²) in [6.07, 6.45) is 1.15. The van der Waals surface area contributed by atoms with Crippen LogP contribution >= 0.6 is 0 Å². The van der Waals surface area contributed by atoms with Gasteiger partial charge in [-0.05, 0) is 61.6 Å². The topological polar surface area (TPSA) is 105 Å². The van der Waals surface area contributed by atoms with Gasteiger partial charge in [0, 0.05) is 44.0 Å². The lowest BCUT2D eigenvalue weighted by Crippen LogP contribution is -2.33. The van der Waals surface area contributed by atoms with E-state index in [1.807, 2.05) is 61.5 Å². The molecule has 0 aromatic heterocycles. The number of methoxy groups -OCH3 is 1. The average Bonchev–Trinajstić information content (AvgIpc) is 3.25. The quantitative estimate of drug-likeness (QED) is 0.361. The fraction of sp³-hybridized carbons (Fsp3) is 0.367. The standard InChI is InChI=1S/C30H36N2O5/c1-21-10-3-5-14-27(21)37-28-15-6-4-13-24(28)30(35,16-7-8-17-36-2)23-12-9-11-22(18-23)29(34)32-19-25(31)26(33)20-32/h3-6,9-15,18,25-26,33,35H,7-8,16-17,19-20,31H2,1-2H3. The highest BCUT2D eigenvalue weighted by molar-refractivity contribution is 5.94. The van der Waals surface area contributed by atoms with Crippen molar-refractivity contribution >= 4 is 5.91 Å². The maximum atomic E-state index is 13.2. The predicted molar refractivity (Wildman–Crippen MR) is 143 cm³/mol. The second-order valence-electron chi connectivity index (χ2n) is 9.70. The summed E-state index contributed by atoms with van der Waals surface area (Å²) in [6, 6.07) is 21.8. The Hall–Kier alpha value is -3.23. The summed E-state index contributed by atoms with van der Waals surface area (Å²) in [5.41, 5.74) is 7.15. The number of ether oxygens (including phenoxy) is 2. The third kappa shape index (κ3) is 6.02. The van der Waals surface area contributed by atoms with Gasteiger partial charge in [-0.25, -0.2) is 0 Å². The molecule has 1 fully saturated rings. The summed E-state index contributed by atoms with van der Waals surface area (Å²) in [4.78, 5) is 14.8. The van der Waals surface area contributed by atoms with E-state index in [1.54, 1.807) is 30.2 Å². The molecule has 1 amide bonds. The SMILES string of the molecule is COCCCCC(O)(c1cccc(C(=O)N2CC(N)C(O)C2)c1)c1ccccc1Oc1ccccc1C. The minimum absolute atomic E-state index is 0.193. The van der Waals surface area contributed by atoms with Crippen molar-refractivity contribution in [1.29, 1.82) is 0 Å². The number of nitrogens with zero attached hydrogens (tertiary/aromatic N) is 1. The number of rotatable bonds is 10. The summed E-state index contributed by atoms with van der Waals surface area (Å²) >= 11 is 0. The molecule has 1 saturated heterocycles. The van der Waals surface area contributed by atoms with Crippen molar-refractivity contribution < 1.29 is 24.5 Å². The highest BCUT2D eigenvalue weighted by atomic mass is 16.5. The van der Waals surface area contributed by atoms with Crippen molar-refractivity contribution in [2.75, 3.05) is 26.8 Å². The van der Waals surface area contributed by atoms with Gasteiger partial charge in [-0.1, -0.05) is 48.5 Å². The van der Waals surface area contributed by atoms with Gasteiger partial charge in [-0.3, -0.25) is 4.79 Å². The van der Waals surface area contributed by atoms with Gasteiger partial charge in [0.1, 0.15) is 17.1 Å². The van der Waals surface area contributed by atoms with Crippen LogP contribution in [0, 0.1) is 6.92 Å². The van der Waals surface area contributed by atoms with Gasteiger partial charge in [-0.2, -0.15) is 0 Å². The Morgan fingerprint density at radius 2 is 1.76 bits per heavy atom. The zero-order valence-corrected chi connectivity index (χ0v) is 21.5. The van der Waals surface area contributed by atoms with Crippen LogP contribution in [-0.4, -0.2) is 60.0 Å². The summed E-state index contributed by atoms with van der Waals surface area (Å²) in [6.45, 7) is 3.05. The molecule has 3 aromatic rings. The Kier molecular flexibility index (Phi) is 8.61. The largest absolute Gasteiger partial charge is 0.457 e. The number of aliphatic hydroxyl groups is 2. The number of likely N-dealkylation sites (tertiary alicyclic amines) is 1. The lowest BCUT2D eigenvalue weighted by molar-refractivity contribution is 0.0627. The van der Waals surface area contributed by atoms with Crippen molar-refractivity contribution in [3.63, 3.8) is 0 Å². The minimum atomic E-state index is -1.41. The Bertz CT molecular complexity index is 1210. The molecule has 3 atom stereocenters. The van der Waals surface area contributed by atoms with Crippen molar-refractivity contribution in [2.45, 2.75) is 43.9 Å². The Morgan fingerprint density at radius 1 is 1.03 bits per heavy atom. The molecule has 37 heavy (non-hydrogen) atoms. The lowest BCUT2D eigenvalue weighted by atomic mass is 9.81.